The van der Waals surface area contributed by atoms with Crippen molar-refractivity contribution >= 4 is 11.6 Å². The van der Waals surface area contributed by atoms with Crippen molar-refractivity contribution < 1.29 is 9.90 Å². The maximum Gasteiger partial charge on any atom is 0.240 e. The van der Waals surface area contributed by atoms with Gasteiger partial charge in [-0.15, -0.1) is 0 Å². The summed E-state index contributed by atoms with van der Waals surface area (Å²) < 4.78 is 0. The third kappa shape index (κ3) is 2.60. The molecular formula is C18H18N2O2. The average Bonchev–Trinajstić information content (AvgIpc) is 2.93. The number of nitrogens with zero attached hydrogens (tertiary/aromatic N) is 2. The number of phenols is 1. The molecule has 1 N–H and O–H groups in total. The molecule has 0 saturated heterocycles. The van der Waals surface area contributed by atoms with Crippen molar-refractivity contribution in [1.29, 1.82) is 0 Å². The molecule has 1 amide bonds. The summed E-state index contributed by atoms with van der Waals surface area (Å²) in [4.78, 5) is 11.9. The molecule has 0 unspecified atom stereocenters. The van der Waals surface area contributed by atoms with Crippen molar-refractivity contribution in [3.8, 4) is 5.75 Å². The van der Waals surface area contributed by atoms with Crippen LogP contribution in [0.15, 0.2) is 53.6 Å². The minimum absolute atomic E-state index is 0.129. The van der Waals surface area contributed by atoms with Crippen molar-refractivity contribution in [2.45, 2.75) is 26.3 Å². The molecule has 1 heterocycles. The van der Waals surface area contributed by atoms with Crippen LogP contribution in [0, 0.1) is 6.92 Å². The van der Waals surface area contributed by atoms with Gasteiger partial charge in [-0.1, -0.05) is 48.0 Å². The number of carbonyl (C=O) groups excluding carboxylic acids is 1. The van der Waals surface area contributed by atoms with E-state index in [2.05, 4.69) is 11.2 Å². The number of hydrogen-bond acceptors (Lipinski definition) is 3. The van der Waals surface area contributed by atoms with Gasteiger partial charge >= 0.3 is 0 Å². The van der Waals surface area contributed by atoms with E-state index < -0.39 is 0 Å². The summed E-state index contributed by atoms with van der Waals surface area (Å²) in [6, 6.07) is 14.9. The van der Waals surface area contributed by atoms with Gasteiger partial charge in [-0.3, -0.25) is 4.79 Å². The highest BCUT2D eigenvalue weighted by molar-refractivity contribution is 6.03. The largest absolute Gasteiger partial charge is 0.508 e. The van der Waals surface area contributed by atoms with Crippen molar-refractivity contribution in [3.05, 3.63) is 65.2 Å². The topological polar surface area (TPSA) is 52.9 Å². The Balaban J connectivity index is 1.99. The van der Waals surface area contributed by atoms with E-state index in [4.69, 9.17) is 0 Å². The summed E-state index contributed by atoms with van der Waals surface area (Å²) >= 11 is 0. The molecule has 0 fully saturated rings. The zero-order valence-corrected chi connectivity index (χ0v) is 12.7. The molecule has 22 heavy (non-hydrogen) atoms. The Bertz CT molecular complexity index is 752. The van der Waals surface area contributed by atoms with Crippen LogP contribution in [0.1, 0.15) is 36.1 Å². The van der Waals surface area contributed by atoms with Crippen LogP contribution >= 0.6 is 0 Å². The van der Waals surface area contributed by atoms with E-state index in [9.17, 15) is 9.90 Å². The first-order chi connectivity index (χ1) is 10.6. The predicted octanol–water partition coefficient (Wildman–Crippen LogP) is 3.40. The van der Waals surface area contributed by atoms with Crippen molar-refractivity contribution in [3.63, 3.8) is 0 Å². The van der Waals surface area contributed by atoms with Gasteiger partial charge in [-0.05, 0) is 18.6 Å². The number of benzene rings is 2. The van der Waals surface area contributed by atoms with Gasteiger partial charge in [0.1, 0.15) is 5.75 Å². The molecule has 2 aromatic carbocycles. The monoisotopic (exact) mass is 294 g/mol. The van der Waals surface area contributed by atoms with Crippen LogP contribution in [-0.2, 0) is 4.79 Å². The van der Waals surface area contributed by atoms with E-state index in [-0.39, 0.29) is 17.7 Å². The summed E-state index contributed by atoms with van der Waals surface area (Å²) in [6.07, 6.45) is 0.598. The van der Waals surface area contributed by atoms with Gasteiger partial charge in [0.2, 0.25) is 5.91 Å². The van der Waals surface area contributed by atoms with Crippen LogP contribution in [0.3, 0.4) is 0 Å². The first kappa shape index (κ1) is 14.3. The molecule has 0 spiro atoms. The second-order valence-corrected chi connectivity index (χ2v) is 5.56. The molecule has 112 valence electrons. The van der Waals surface area contributed by atoms with Gasteiger partial charge < -0.3 is 5.11 Å². The first-order valence-corrected chi connectivity index (χ1v) is 7.28. The normalized spacial score (nSPS) is 17.5. The molecule has 1 aliphatic heterocycles. The highest BCUT2D eigenvalue weighted by Crippen LogP contribution is 2.36. The van der Waals surface area contributed by atoms with Crippen LogP contribution in [0.2, 0.25) is 0 Å². The fourth-order valence-electron chi connectivity index (χ4n) is 2.81. The minimum atomic E-state index is -0.255. The molecular weight excluding hydrogens is 276 g/mol. The molecule has 0 aliphatic carbocycles. The fourth-order valence-corrected chi connectivity index (χ4v) is 2.81. The maximum absolute atomic E-state index is 11.9. The number of phenolic OH excluding ortho intramolecular Hbond substituents is 1. The number of aryl methyl sites for hydroxylation is 1. The predicted molar refractivity (Wildman–Crippen MR) is 85.7 cm³/mol. The Morgan fingerprint density at radius 2 is 2.00 bits per heavy atom. The number of carbonyl (C=O) groups is 1. The Labute approximate surface area is 129 Å². The second kappa shape index (κ2) is 5.64. The molecule has 1 aliphatic rings. The van der Waals surface area contributed by atoms with Gasteiger partial charge in [0.25, 0.3) is 0 Å². The van der Waals surface area contributed by atoms with Crippen LogP contribution < -0.4 is 0 Å². The van der Waals surface area contributed by atoms with Gasteiger partial charge in [-0.2, -0.15) is 5.10 Å². The van der Waals surface area contributed by atoms with Crippen LogP contribution in [0.4, 0.5) is 0 Å². The Morgan fingerprint density at radius 1 is 1.23 bits per heavy atom. The summed E-state index contributed by atoms with van der Waals surface area (Å²) in [7, 11) is 0. The van der Waals surface area contributed by atoms with E-state index in [1.165, 1.54) is 11.9 Å². The number of rotatable bonds is 2. The molecule has 3 rings (SSSR count). The van der Waals surface area contributed by atoms with Crippen LogP contribution in [-0.4, -0.2) is 21.7 Å². The first-order valence-electron chi connectivity index (χ1n) is 7.28. The molecule has 4 nitrogen and oxygen atoms in total. The zero-order chi connectivity index (χ0) is 15.7. The number of aromatic hydroxyl groups is 1. The SMILES string of the molecule is CC(=O)N1N=C(c2cccc(C)c2)C[C@@H]1c1ccccc1O. The van der Waals surface area contributed by atoms with Crippen LogP contribution in [0.5, 0.6) is 5.75 Å². The Hall–Kier alpha value is -2.62. The summed E-state index contributed by atoms with van der Waals surface area (Å²) in [5.41, 5.74) is 3.76. The van der Waals surface area contributed by atoms with Gasteiger partial charge in [0, 0.05) is 18.9 Å². The molecule has 0 bridgehead atoms. The van der Waals surface area contributed by atoms with Crippen molar-refractivity contribution in [2.24, 2.45) is 5.10 Å². The second-order valence-electron chi connectivity index (χ2n) is 5.56. The standard InChI is InChI=1S/C18H18N2O2/c1-12-6-5-7-14(10-12)16-11-17(20(19-16)13(2)21)15-8-3-4-9-18(15)22/h3-10,17,22H,11H2,1-2H3/t17-/m1/s1. The third-order valence-corrected chi connectivity index (χ3v) is 3.88. The van der Waals surface area contributed by atoms with Gasteiger partial charge in [-0.25, -0.2) is 5.01 Å². The van der Waals surface area contributed by atoms with E-state index in [0.29, 0.717) is 6.42 Å². The molecule has 0 saturated carbocycles. The maximum atomic E-state index is 11.9. The van der Waals surface area contributed by atoms with Crippen molar-refractivity contribution in [1.82, 2.24) is 5.01 Å². The molecule has 1 atom stereocenters. The molecule has 0 radical (unpaired) electrons. The minimum Gasteiger partial charge on any atom is -0.508 e. The highest BCUT2D eigenvalue weighted by atomic mass is 16.3. The number of para-hydroxylation sites is 1. The highest BCUT2D eigenvalue weighted by Gasteiger charge is 2.32. The lowest BCUT2D eigenvalue weighted by Crippen LogP contribution is -2.24. The lowest BCUT2D eigenvalue weighted by molar-refractivity contribution is -0.130. The van der Waals surface area contributed by atoms with Crippen molar-refractivity contribution in [2.75, 3.05) is 0 Å². The molecule has 4 heteroatoms. The van der Waals surface area contributed by atoms with Crippen LogP contribution in [0.25, 0.3) is 0 Å². The van der Waals surface area contributed by atoms with E-state index >= 15 is 0 Å². The summed E-state index contributed by atoms with van der Waals surface area (Å²) in [6.45, 7) is 3.53. The summed E-state index contributed by atoms with van der Waals surface area (Å²) in [5.74, 6) is 0.0651. The lowest BCUT2D eigenvalue weighted by atomic mass is 9.97. The van der Waals surface area contributed by atoms with Gasteiger partial charge in [0.15, 0.2) is 0 Å². The Morgan fingerprint density at radius 3 is 2.68 bits per heavy atom. The number of amides is 1. The zero-order valence-electron chi connectivity index (χ0n) is 12.7. The van der Waals surface area contributed by atoms with E-state index in [0.717, 1.165) is 22.4 Å². The van der Waals surface area contributed by atoms with Gasteiger partial charge in [0.05, 0.1) is 11.8 Å². The quantitative estimate of drug-likeness (QED) is 0.923. The third-order valence-electron chi connectivity index (χ3n) is 3.88. The number of hydrogen-bond donors (Lipinski definition) is 1. The fraction of sp³-hybridized carbons (Fsp3) is 0.222. The smallest absolute Gasteiger partial charge is 0.240 e. The summed E-state index contributed by atoms with van der Waals surface area (Å²) in [5, 5.41) is 16.0. The van der Waals surface area contributed by atoms with E-state index in [1.807, 2.05) is 37.3 Å². The average molecular weight is 294 g/mol. The lowest BCUT2D eigenvalue weighted by Gasteiger charge is -2.21. The molecule has 2 aromatic rings. The van der Waals surface area contributed by atoms with E-state index in [1.54, 1.807) is 12.1 Å². The Kier molecular flexibility index (Phi) is 3.67. The number of hydrazone groups is 1. The molecule has 0 aromatic heterocycles.